The van der Waals surface area contributed by atoms with Crippen molar-refractivity contribution in [2.75, 3.05) is 13.6 Å². The predicted molar refractivity (Wildman–Crippen MR) is 125 cm³/mol. The molecule has 1 aromatic heterocycles. The molecule has 29 heavy (non-hydrogen) atoms. The van der Waals surface area contributed by atoms with Crippen molar-refractivity contribution < 1.29 is 9.21 Å². The van der Waals surface area contributed by atoms with E-state index in [1.54, 1.807) is 13.3 Å². The summed E-state index contributed by atoms with van der Waals surface area (Å²) < 4.78 is 5.54. The normalized spacial score (nSPS) is 14.7. The molecule has 3 rings (SSSR count). The lowest BCUT2D eigenvalue weighted by atomic mass is 9.95. The van der Waals surface area contributed by atoms with Crippen molar-refractivity contribution >= 4 is 35.8 Å². The number of hydrogen-bond donors (Lipinski definition) is 3. The molecule has 0 spiro atoms. The molecular weight excluding hydrogens is 481 g/mol. The number of rotatable bonds is 7. The van der Waals surface area contributed by atoms with Gasteiger partial charge in [0.1, 0.15) is 6.26 Å². The number of amides is 1. The maximum atomic E-state index is 12.1. The first kappa shape index (κ1) is 23.2. The number of aromatic nitrogens is 1. The summed E-state index contributed by atoms with van der Waals surface area (Å²) in [5.41, 5.74) is 1.73. The molecule has 1 aliphatic carbocycles. The highest BCUT2D eigenvalue weighted by Crippen LogP contribution is 2.18. The molecule has 1 heterocycles. The van der Waals surface area contributed by atoms with Crippen molar-refractivity contribution in [2.45, 2.75) is 51.1 Å². The number of oxazole rings is 1. The van der Waals surface area contributed by atoms with Crippen molar-refractivity contribution in [1.82, 2.24) is 20.9 Å². The Kier molecular flexibility index (Phi) is 9.96. The monoisotopic (exact) mass is 511 g/mol. The highest BCUT2D eigenvalue weighted by Gasteiger charge is 2.15. The van der Waals surface area contributed by atoms with Gasteiger partial charge in [-0.25, -0.2) is 4.98 Å². The van der Waals surface area contributed by atoms with Crippen LogP contribution in [0.15, 0.2) is 46.0 Å². The number of halogens is 1. The third kappa shape index (κ3) is 7.68. The summed E-state index contributed by atoms with van der Waals surface area (Å²) in [5, 5.41) is 9.48. The van der Waals surface area contributed by atoms with Gasteiger partial charge in [-0.3, -0.25) is 9.79 Å². The first-order valence-electron chi connectivity index (χ1n) is 9.98. The molecule has 0 bridgehead atoms. The minimum atomic E-state index is 0. The van der Waals surface area contributed by atoms with Crippen LogP contribution in [0.4, 0.5) is 0 Å². The highest BCUT2D eigenvalue weighted by molar-refractivity contribution is 14.0. The average molecular weight is 511 g/mol. The third-order valence-corrected chi connectivity index (χ3v) is 4.85. The van der Waals surface area contributed by atoms with Crippen LogP contribution in [0.5, 0.6) is 0 Å². The van der Waals surface area contributed by atoms with E-state index in [9.17, 15) is 4.79 Å². The van der Waals surface area contributed by atoms with Crippen LogP contribution in [0.3, 0.4) is 0 Å². The summed E-state index contributed by atoms with van der Waals surface area (Å²) in [6.45, 7) is 1.02. The number of aliphatic imine (C=N–C) groups is 1. The van der Waals surface area contributed by atoms with Gasteiger partial charge in [-0.1, -0.05) is 37.5 Å². The Morgan fingerprint density at radius 1 is 1.17 bits per heavy atom. The molecular formula is C21H30IN5O2. The zero-order valence-corrected chi connectivity index (χ0v) is 19.1. The quantitative estimate of drug-likeness (QED) is 0.301. The van der Waals surface area contributed by atoms with Crippen LogP contribution in [0.25, 0.3) is 11.5 Å². The number of carbonyl (C=O) groups excluding carboxylic acids is 1. The van der Waals surface area contributed by atoms with Crippen LogP contribution >= 0.6 is 24.0 Å². The molecule has 1 fully saturated rings. The molecule has 0 aliphatic heterocycles. The fraction of sp³-hybridized carbons (Fsp3) is 0.476. The molecule has 0 atom stereocenters. The molecule has 1 aromatic carbocycles. The smallest absolute Gasteiger partial charge is 0.226 e. The highest BCUT2D eigenvalue weighted by atomic mass is 127. The fourth-order valence-electron chi connectivity index (χ4n) is 3.34. The average Bonchev–Trinajstić information content (AvgIpc) is 3.21. The van der Waals surface area contributed by atoms with E-state index in [0.717, 1.165) is 24.1 Å². The second-order valence-corrected chi connectivity index (χ2v) is 7.02. The Morgan fingerprint density at radius 3 is 2.66 bits per heavy atom. The first-order valence-corrected chi connectivity index (χ1v) is 9.98. The van der Waals surface area contributed by atoms with Crippen molar-refractivity contribution in [3.05, 3.63) is 42.3 Å². The lowest BCUT2D eigenvalue weighted by Gasteiger charge is -2.22. The molecule has 1 aliphatic rings. The summed E-state index contributed by atoms with van der Waals surface area (Å²) in [5.74, 6) is 1.33. The van der Waals surface area contributed by atoms with Crippen LogP contribution in [-0.4, -0.2) is 36.5 Å². The van der Waals surface area contributed by atoms with Gasteiger partial charge >= 0.3 is 0 Å². The van der Waals surface area contributed by atoms with Gasteiger partial charge in [-0.15, -0.1) is 24.0 Å². The van der Waals surface area contributed by atoms with Gasteiger partial charge in [0.25, 0.3) is 0 Å². The van der Waals surface area contributed by atoms with Crippen LogP contribution in [0.2, 0.25) is 0 Å². The number of nitrogens with zero attached hydrogens (tertiary/aromatic N) is 2. The molecule has 8 heteroatoms. The Balaban J connectivity index is 0.00000300. The van der Waals surface area contributed by atoms with Gasteiger partial charge in [0, 0.05) is 31.6 Å². The second kappa shape index (κ2) is 12.5. The molecule has 7 nitrogen and oxygen atoms in total. The third-order valence-electron chi connectivity index (χ3n) is 4.85. The van der Waals surface area contributed by atoms with Crippen molar-refractivity contribution in [3.8, 4) is 11.5 Å². The zero-order chi connectivity index (χ0) is 19.6. The largest absolute Gasteiger partial charge is 0.444 e. The number of guanidine groups is 1. The summed E-state index contributed by atoms with van der Waals surface area (Å²) >= 11 is 0. The van der Waals surface area contributed by atoms with Crippen molar-refractivity contribution in [1.29, 1.82) is 0 Å². The number of carbonyl (C=O) groups is 1. The van der Waals surface area contributed by atoms with Crippen molar-refractivity contribution in [3.63, 3.8) is 0 Å². The molecule has 0 unspecified atom stereocenters. The van der Waals surface area contributed by atoms with Gasteiger partial charge in [0.2, 0.25) is 11.8 Å². The summed E-state index contributed by atoms with van der Waals surface area (Å²) in [7, 11) is 1.70. The molecule has 1 saturated carbocycles. The van der Waals surface area contributed by atoms with Gasteiger partial charge in [0.15, 0.2) is 5.96 Å². The van der Waals surface area contributed by atoms with Gasteiger partial charge in [-0.05, 0) is 25.0 Å². The van der Waals surface area contributed by atoms with Gasteiger partial charge in [-0.2, -0.15) is 0 Å². The van der Waals surface area contributed by atoms with E-state index >= 15 is 0 Å². The van der Waals surface area contributed by atoms with Crippen molar-refractivity contribution in [2.24, 2.45) is 4.99 Å². The molecule has 3 N–H and O–H groups in total. The van der Waals surface area contributed by atoms with E-state index in [4.69, 9.17) is 4.42 Å². The topological polar surface area (TPSA) is 91.5 Å². The van der Waals surface area contributed by atoms with Crippen LogP contribution < -0.4 is 16.0 Å². The Bertz CT molecular complexity index is 772. The Labute approximate surface area is 189 Å². The second-order valence-electron chi connectivity index (χ2n) is 7.02. The summed E-state index contributed by atoms with van der Waals surface area (Å²) in [6, 6.07) is 10.1. The van der Waals surface area contributed by atoms with E-state index in [2.05, 4.69) is 25.9 Å². The van der Waals surface area contributed by atoms with Crippen LogP contribution in [0, 0.1) is 0 Å². The standard InChI is InChI=1S/C21H29N5O2.HI/c1-22-21(23-13-12-19(27)25-17-10-6-3-7-11-17)24-14-18-15-28-20(26-18)16-8-4-2-5-9-16;/h2,4-5,8-9,15,17H,3,6-7,10-14H2,1H3,(H,25,27)(H2,22,23,24);1H. The minimum absolute atomic E-state index is 0. The summed E-state index contributed by atoms with van der Waals surface area (Å²) in [6.07, 6.45) is 7.99. The summed E-state index contributed by atoms with van der Waals surface area (Å²) in [4.78, 5) is 20.7. The van der Waals surface area contributed by atoms with E-state index in [-0.39, 0.29) is 29.9 Å². The minimum Gasteiger partial charge on any atom is -0.444 e. The molecule has 0 saturated heterocycles. The molecule has 0 radical (unpaired) electrons. The fourth-order valence-corrected chi connectivity index (χ4v) is 3.34. The predicted octanol–water partition coefficient (Wildman–Crippen LogP) is 3.46. The van der Waals surface area contributed by atoms with E-state index < -0.39 is 0 Å². The lowest BCUT2D eigenvalue weighted by Crippen LogP contribution is -2.41. The van der Waals surface area contributed by atoms with E-state index in [1.807, 2.05) is 30.3 Å². The first-order chi connectivity index (χ1) is 13.7. The maximum Gasteiger partial charge on any atom is 0.226 e. The molecule has 2 aromatic rings. The molecule has 1 amide bonds. The Hall–Kier alpha value is -2.10. The van der Waals surface area contributed by atoms with Crippen LogP contribution in [0.1, 0.15) is 44.2 Å². The van der Waals surface area contributed by atoms with Gasteiger partial charge < -0.3 is 20.4 Å². The number of benzene rings is 1. The van der Waals surface area contributed by atoms with Gasteiger partial charge in [0.05, 0.1) is 12.2 Å². The number of hydrogen-bond acceptors (Lipinski definition) is 4. The maximum absolute atomic E-state index is 12.1. The lowest BCUT2D eigenvalue weighted by molar-refractivity contribution is -0.121. The van der Waals surface area contributed by atoms with E-state index in [0.29, 0.717) is 37.4 Å². The number of nitrogens with one attached hydrogen (secondary N) is 3. The SMILES string of the molecule is CN=C(NCCC(=O)NC1CCCCC1)NCc1coc(-c2ccccc2)n1.I. The van der Waals surface area contributed by atoms with E-state index in [1.165, 1.54) is 19.3 Å². The molecule has 158 valence electrons. The Morgan fingerprint density at radius 2 is 1.93 bits per heavy atom. The van der Waals surface area contributed by atoms with Crippen LogP contribution in [-0.2, 0) is 11.3 Å². The zero-order valence-electron chi connectivity index (χ0n) is 16.8.